The van der Waals surface area contributed by atoms with E-state index in [0.29, 0.717) is 16.2 Å². The van der Waals surface area contributed by atoms with Gasteiger partial charge in [-0.05, 0) is 66.7 Å². The van der Waals surface area contributed by atoms with E-state index in [-0.39, 0.29) is 10.2 Å². The normalized spacial score (nSPS) is 15.1. The second-order valence-electron chi connectivity index (χ2n) is 5.92. The number of thiocarbonyl (C=S) groups is 1. The quantitative estimate of drug-likeness (QED) is 0.596. The molecule has 1 N–H and O–H groups in total. The molecule has 28 heavy (non-hydrogen) atoms. The van der Waals surface area contributed by atoms with Gasteiger partial charge in [0.15, 0.2) is 4.32 Å². The van der Waals surface area contributed by atoms with Gasteiger partial charge in [-0.2, -0.15) is 5.01 Å². The number of carbonyl (C=O) groups excluding carboxylic acids is 2. The number of nitrogens with zero attached hydrogens (tertiary/aromatic N) is 1. The third-order valence-corrected chi connectivity index (χ3v) is 5.39. The molecule has 8 heteroatoms. The molecule has 2 aromatic carbocycles. The highest BCUT2D eigenvalue weighted by molar-refractivity contribution is 8.26. The van der Waals surface area contributed by atoms with Crippen molar-refractivity contribution >= 4 is 46.2 Å². The van der Waals surface area contributed by atoms with Crippen LogP contribution in [0, 0.1) is 6.92 Å². The molecular weight excluding hydrogens is 396 g/mol. The first kappa shape index (κ1) is 19.9. The standard InChI is InChI=1S/C20H18N2O4S2/c1-12-4-5-13(10-16(12)26-3)11-17-19(24)22(20(27)28-17)21-18(23)14-6-8-15(25-2)9-7-14/h4-11H,1-3H3,(H,21,23). The van der Waals surface area contributed by atoms with Crippen LogP contribution >= 0.6 is 24.0 Å². The Hall–Kier alpha value is -2.84. The third-order valence-electron chi connectivity index (χ3n) is 4.09. The summed E-state index contributed by atoms with van der Waals surface area (Å²) in [5, 5.41) is 1.09. The monoisotopic (exact) mass is 414 g/mol. The third kappa shape index (κ3) is 4.18. The Morgan fingerprint density at radius 1 is 1.14 bits per heavy atom. The molecule has 1 fully saturated rings. The summed E-state index contributed by atoms with van der Waals surface area (Å²) in [4.78, 5) is 25.5. The zero-order valence-electron chi connectivity index (χ0n) is 15.5. The molecule has 0 spiro atoms. The zero-order valence-corrected chi connectivity index (χ0v) is 17.1. The van der Waals surface area contributed by atoms with Gasteiger partial charge in [0, 0.05) is 5.56 Å². The van der Waals surface area contributed by atoms with E-state index in [4.69, 9.17) is 21.7 Å². The lowest BCUT2D eigenvalue weighted by molar-refractivity contribution is -0.123. The van der Waals surface area contributed by atoms with Crippen molar-refractivity contribution < 1.29 is 19.1 Å². The molecule has 2 amide bonds. The molecule has 0 atom stereocenters. The highest BCUT2D eigenvalue weighted by Crippen LogP contribution is 2.32. The summed E-state index contributed by atoms with van der Waals surface area (Å²) >= 11 is 6.39. The lowest BCUT2D eigenvalue weighted by atomic mass is 10.1. The largest absolute Gasteiger partial charge is 0.497 e. The maximum atomic E-state index is 12.7. The van der Waals surface area contributed by atoms with Crippen molar-refractivity contribution in [2.75, 3.05) is 14.2 Å². The predicted octanol–water partition coefficient (Wildman–Crippen LogP) is 3.56. The molecule has 0 aliphatic carbocycles. The smallest absolute Gasteiger partial charge is 0.285 e. The molecule has 6 nitrogen and oxygen atoms in total. The number of carbonyl (C=O) groups is 2. The highest BCUT2D eigenvalue weighted by atomic mass is 32.2. The van der Waals surface area contributed by atoms with Gasteiger partial charge in [0.25, 0.3) is 11.8 Å². The van der Waals surface area contributed by atoms with Gasteiger partial charge in [0.1, 0.15) is 11.5 Å². The van der Waals surface area contributed by atoms with Crippen molar-refractivity contribution in [3.05, 3.63) is 64.1 Å². The Labute approximate surface area is 172 Å². The summed E-state index contributed by atoms with van der Waals surface area (Å²) in [7, 11) is 3.14. The van der Waals surface area contributed by atoms with E-state index >= 15 is 0 Å². The van der Waals surface area contributed by atoms with E-state index in [1.807, 2.05) is 25.1 Å². The maximum Gasteiger partial charge on any atom is 0.285 e. The SMILES string of the molecule is COc1ccc(C(=O)NN2C(=O)C(=Cc3ccc(C)c(OC)c3)SC2=S)cc1. The number of rotatable bonds is 5. The van der Waals surface area contributed by atoms with Gasteiger partial charge in [-0.1, -0.05) is 23.9 Å². The van der Waals surface area contributed by atoms with Crippen LogP contribution < -0.4 is 14.9 Å². The fourth-order valence-electron chi connectivity index (χ4n) is 2.55. The Morgan fingerprint density at radius 2 is 1.86 bits per heavy atom. The van der Waals surface area contributed by atoms with Gasteiger partial charge < -0.3 is 9.47 Å². The van der Waals surface area contributed by atoms with Gasteiger partial charge in [-0.25, -0.2) is 0 Å². The van der Waals surface area contributed by atoms with Gasteiger partial charge in [0.2, 0.25) is 0 Å². The van der Waals surface area contributed by atoms with Crippen LogP contribution in [0.25, 0.3) is 6.08 Å². The molecule has 3 rings (SSSR count). The lowest BCUT2D eigenvalue weighted by Crippen LogP contribution is -2.44. The number of ether oxygens (including phenoxy) is 2. The van der Waals surface area contributed by atoms with Crippen LogP contribution in [0.4, 0.5) is 0 Å². The minimum atomic E-state index is -0.433. The average Bonchev–Trinajstić information content (AvgIpc) is 2.96. The second-order valence-corrected chi connectivity index (χ2v) is 7.59. The number of aryl methyl sites for hydroxylation is 1. The average molecular weight is 415 g/mol. The number of hydrogen-bond acceptors (Lipinski definition) is 6. The number of benzene rings is 2. The first-order valence-electron chi connectivity index (χ1n) is 8.30. The fraction of sp³-hybridized carbons (Fsp3) is 0.150. The molecule has 0 radical (unpaired) electrons. The number of thioether (sulfide) groups is 1. The Kier molecular flexibility index (Phi) is 6.01. The van der Waals surface area contributed by atoms with Crippen molar-refractivity contribution in [1.29, 1.82) is 0 Å². The van der Waals surface area contributed by atoms with Crippen LogP contribution in [-0.4, -0.2) is 35.4 Å². The minimum Gasteiger partial charge on any atom is -0.497 e. The summed E-state index contributed by atoms with van der Waals surface area (Å²) in [6.45, 7) is 1.94. The van der Waals surface area contributed by atoms with Gasteiger partial charge in [-0.15, -0.1) is 0 Å². The molecule has 144 valence electrons. The van der Waals surface area contributed by atoms with Crippen molar-refractivity contribution in [3.63, 3.8) is 0 Å². The fourth-order valence-corrected chi connectivity index (χ4v) is 3.73. The molecule has 0 bridgehead atoms. The molecule has 1 aliphatic rings. The molecule has 0 aromatic heterocycles. The summed E-state index contributed by atoms with van der Waals surface area (Å²) in [6.07, 6.45) is 1.72. The first-order chi connectivity index (χ1) is 13.4. The summed E-state index contributed by atoms with van der Waals surface area (Å²) in [6, 6.07) is 12.2. The molecule has 1 heterocycles. The minimum absolute atomic E-state index is 0.261. The van der Waals surface area contributed by atoms with Crippen molar-refractivity contribution in [2.24, 2.45) is 0 Å². The van der Waals surface area contributed by atoms with Gasteiger partial charge in [-0.3, -0.25) is 15.0 Å². The van der Waals surface area contributed by atoms with Gasteiger partial charge in [0.05, 0.1) is 19.1 Å². The van der Waals surface area contributed by atoms with E-state index < -0.39 is 5.91 Å². The van der Waals surface area contributed by atoms with Crippen LogP contribution in [0.5, 0.6) is 11.5 Å². The van der Waals surface area contributed by atoms with Crippen LogP contribution in [0.2, 0.25) is 0 Å². The number of nitrogens with one attached hydrogen (secondary N) is 1. The summed E-state index contributed by atoms with van der Waals surface area (Å²) < 4.78 is 10.6. The first-order valence-corrected chi connectivity index (χ1v) is 9.53. The number of methoxy groups -OCH3 is 2. The van der Waals surface area contributed by atoms with Crippen LogP contribution in [0.1, 0.15) is 21.5 Å². The van der Waals surface area contributed by atoms with E-state index in [2.05, 4.69) is 5.43 Å². The van der Waals surface area contributed by atoms with Crippen molar-refractivity contribution in [1.82, 2.24) is 10.4 Å². The number of hydrazine groups is 1. The van der Waals surface area contributed by atoms with Crippen LogP contribution in [-0.2, 0) is 4.79 Å². The van der Waals surface area contributed by atoms with Gasteiger partial charge >= 0.3 is 0 Å². The number of hydrogen-bond donors (Lipinski definition) is 1. The maximum absolute atomic E-state index is 12.7. The van der Waals surface area contributed by atoms with E-state index in [1.54, 1.807) is 44.6 Å². The Bertz CT molecular complexity index is 971. The Balaban J connectivity index is 1.76. The summed E-state index contributed by atoms with van der Waals surface area (Å²) in [5.41, 5.74) is 4.76. The molecule has 2 aromatic rings. The van der Waals surface area contributed by atoms with Crippen molar-refractivity contribution in [2.45, 2.75) is 6.92 Å². The second kappa shape index (κ2) is 8.45. The zero-order chi connectivity index (χ0) is 20.3. The molecular formula is C20H18N2O4S2. The van der Waals surface area contributed by atoms with E-state index in [1.165, 1.54) is 0 Å². The molecule has 0 saturated carbocycles. The van der Waals surface area contributed by atoms with E-state index in [9.17, 15) is 9.59 Å². The molecule has 1 saturated heterocycles. The van der Waals surface area contributed by atoms with Crippen LogP contribution in [0.15, 0.2) is 47.4 Å². The highest BCUT2D eigenvalue weighted by Gasteiger charge is 2.33. The molecule has 0 unspecified atom stereocenters. The molecule has 1 aliphatic heterocycles. The topological polar surface area (TPSA) is 67.9 Å². The number of amides is 2. The summed E-state index contributed by atoms with van der Waals surface area (Å²) in [5.74, 6) is 0.560. The van der Waals surface area contributed by atoms with E-state index in [0.717, 1.165) is 33.6 Å². The van der Waals surface area contributed by atoms with Crippen molar-refractivity contribution in [3.8, 4) is 11.5 Å². The Morgan fingerprint density at radius 3 is 2.50 bits per heavy atom. The predicted molar refractivity (Wildman–Crippen MR) is 113 cm³/mol. The lowest BCUT2D eigenvalue weighted by Gasteiger charge is -2.15. The van der Waals surface area contributed by atoms with Crippen LogP contribution in [0.3, 0.4) is 0 Å².